The van der Waals surface area contributed by atoms with Crippen LogP contribution in [0.15, 0.2) is 18.2 Å². The van der Waals surface area contributed by atoms with E-state index in [2.05, 4.69) is 9.88 Å². The maximum absolute atomic E-state index is 6.20. The number of nitrogens with two attached hydrogens (primary N) is 1. The Morgan fingerprint density at radius 2 is 2.28 bits per heavy atom. The summed E-state index contributed by atoms with van der Waals surface area (Å²) in [4.78, 5) is 6.83. The van der Waals surface area contributed by atoms with Crippen molar-refractivity contribution in [1.82, 2.24) is 9.88 Å². The highest BCUT2D eigenvalue weighted by Crippen LogP contribution is 2.30. The van der Waals surface area contributed by atoms with Crippen molar-refractivity contribution in [2.75, 3.05) is 33.9 Å². The smallest absolute Gasteiger partial charge is 0.213 e. The molecular formula is C13H21N3O2. The van der Waals surface area contributed by atoms with Crippen molar-refractivity contribution in [1.29, 1.82) is 0 Å². The number of pyridine rings is 1. The number of hydrogen-bond donors (Lipinski definition) is 1. The Morgan fingerprint density at radius 3 is 3.00 bits per heavy atom. The zero-order valence-electron chi connectivity index (χ0n) is 11.0. The predicted molar refractivity (Wildman–Crippen MR) is 69.6 cm³/mol. The molecule has 0 aliphatic carbocycles. The van der Waals surface area contributed by atoms with E-state index >= 15 is 0 Å². The fourth-order valence-electron chi connectivity index (χ4n) is 2.46. The van der Waals surface area contributed by atoms with E-state index in [9.17, 15) is 0 Å². The molecule has 5 nitrogen and oxygen atoms in total. The number of ether oxygens (including phenoxy) is 2. The quantitative estimate of drug-likeness (QED) is 0.839. The SMILES string of the molecule is COCCN1CCC(N)C1c1cccc(OC)n1. The van der Waals surface area contributed by atoms with E-state index in [1.807, 2.05) is 18.2 Å². The molecule has 0 spiro atoms. The lowest BCUT2D eigenvalue weighted by atomic mass is 10.1. The lowest BCUT2D eigenvalue weighted by Gasteiger charge is -2.26. The second kappa shape index (κ2) is 6.13. The van der Waals surface area contributed by atoms with Crippen LogP contribution in [0.2, 0.25) is 0 Å². The molecule has 1 aromatic heterocycles. The fraction of sp³-hybridized carbons (Fsp3) is 0.615. The number of aromatic nitrogens is 1. The van der Waals surface area contributed by atoms with Gasteiger partial charge in [-0.2, -0.15) is 0 Å². The van der Waals surface area contributed by atoms with E-state index in [-0.39, 0.29) is 12.1 Å². The lowest BCUT2D eigenvalue weighted by Crippen LogP contribution is -2.34. The summed E-state index contributed by atoms with van der Waals surface area (Å²) >= 11 is 0. The molecule has 2 atom stereocenters. The van der Waals surface area contributed by atoms with E-state index in [1.54, 1.807) is 14.2 Å². The van der Waals surface area contributed by atoms with Crippen molar-refractivity contribution < 1.29 is 9.47 Å². The Labute approximate surface area is 108 Å². The first kappa shape index (κ1) is 13.3. The molecule has 5 heteroatoms. The van der Waals surface area contributed by atoms with Gasteiger partial charge in [0.05, 0.1) is 25.5 Å². The van der Waals surface area contributed by atoms with Crippen LogP contribution in [0.5, 0.6) is 5.88 Å². The number of hydrogen-bond acceptors (Lipinski definition) is 5. The van der Waals surface area contributed by atoms with Gasteiger partial charge in [-0.25, -0.2) is 4.98 Å². The van der Waals surface area contributed by atoms with Crippen molar-refractivity contribution in [3.05, 3.63) is 23.9 Å². The van der Waals surface area contributed by atoms with E-state index in [0.29, 0.717) is 12.5 Å². The van der Waals surface area contributed by atoms with Crippen LogP contribution < -0.4 is 10.5 Å². The van der Waals surface area contributed by atoms with Gasteiger partial charge in [0, 0.05) is 32.3 Å². The molecule has 2 unspecified atom stereocenters. The van der Waals surface area contributed by atoms with Gasteiger partial charge < -0.3 is 15.2 Å². The Morgan fingerprint density at radius 1 is 1.44 bits per heavy atom. The molecule has 0 bridgehead atoms. The Balaban J connectivity index is 2.16. The van der Waals surface area contributed by atoms with Crippen molar-refractivity contribution in [2.45, 2.75) is 18.5 Å². The first-order valence-electron chi connectivity index (χ1n) is 6.25. The third-order valence-corrected chi connectivity index (χ3v) is 3.39. The molecule has 1 aromatic rings. The number of nitrogens with zero attached hydrogens (tertiary/aromatic N) is 2. The minimum atomic E-state index is 0.126. The molecule has 0 radical (unpaired) electrons. The fourth-order valence-corrected chi connectivity index (χ4v) is 2.46. The Kier molecular flexibility index (Phi) is 4.52. The lowest BCUT2D eigenvalue weighted by molar-refractivity contribution is 0.137. The highest BCUT2D eigenvalue weighted by Gasteiger charge is 2.33. The van der Waals surface area contributed by atoms with Gasteiger partial charge in [-0.1, -0.05) is 6.07 Å². The molecule has 1 saturated heterocycles. The van der Waals surface area contributed by atoms with Crippen molar-refractivity contribution >= 4 is 0 Å². The highest BCUT2D eigenvalue weighted by atomic mass is 16.5. The van der Waals surface area contributed by atoms with E-state index < -0.39 is 0 Å². The summed E-state index contributed by atoms with van der Waals surface area (Å²) in [6, 6.07) is 6.11. The molecule has 0 saturated carbocycles. The largest absolute Gasteiger partial charge is 0.481 e. The number of likely N-dealkylation sites (tertiary alicyclic amines) is 1. The van der Waals surface area contributed by atoms with Crippen molar-refractivity contribution in [2.24, 2.45) is 5.73 Å². The summed E-state index contributed by atoms with van der Waals surface area (Å²) < 4.78 is 10.3. The second-order valence-electron chi connectivity index (χ2n) is 4.53. The Hall–Kier alpha value is -1.17. The van der Waals surface area contributed by atoms with Gasteiger partial charge in [0.15, 0.2) is 0 Å². The molecule has 1 aliphatic heterocycles. The standard InChI is InChI=1S/C13H21N3O2/c1-17-9-8-16-7-6-10(14)13(16)11-4-3-5-12(15-11)18-2/h3-5,10,13H,6-9,14H2,1-2H3. The molecule has 100 valence electrons. The monoisotopic (exact) mass is 251 g/mol. The molecule has 2 heterocycles. The van der Waals surface area contributed by atoms with Crippen LogP contribution in [-0.4, -0.2) is 49.8 Å². The average Bonchev–Trinajstić information content (AvgIpc) is 2.77. The molecule has 1 aliphatic rings. The first-order chi connectivity index (χ1) is 8.76. The van der Waals surface area contributed by atoms with Gasteiger partial charge in [0.25, 0.3) is 0 Å². The van der Waals surface area contributed by atoms with Gasteiger partial charge in [0.1, 0.15) is 0 Å². The summed E-state index contributed by atoms with van der Waals surface area (Å²) in [6.45, 7) is 2.59. The van der Waals surface area contributed by atoms with Crippen LogP contribution in [-0.2, 0) is 4.74 Å². The highest BCUT2D eigenvalue weighted by molar-refractivity contribution is 5.20. The third kappa shape index (κ3) is 2.80. The number of rotatable bonds is 5. The van der Waals surface area contributed by atoms with Crippen molar-refractivity contribution in [3.63, 3.8) is 0 Å². The minimum Gasteiger partial charge on any atom is -0.481 e. The molecule has 1 fully saturated rings. The maximum atomic E-state index is 6.20. The normalized spacial score (nSPS) is 24.4. The van der Waals surface area contributed by atoms with Crippen LogP contribution in [0.3, 0.4) is 0 Å². The molecule has 2 N–H and O–H groups in total. The van der Waals surface area contributed by atoms with Crippen LogP contribution in [0.1, 0.15) is 18.2 Å². The van der Waals surface area contributed by atoms with Gasteiger partial charge in [-0.15, -0.1) is 0 Å². The average molecular weight is 251 g/mol. The molecule has 0 amide bonds. The summed E-state index contributed by atoms with van der Waals surface area (Å²) in [5.41, 5.74) is 7.18. The van der Waals surface area contributed by atoms with Crippen LogP contribution in [0.25, 0.3) is 0 Å². The van der Waals surface area contributed by atoms with Crippen LogP contribution in [0, 0.1) is 0 Å². The minimum absolute atomic E-state index is 0.126. The Bertz CT molecular complexity index is 386. The topological polar surface area (TPSA) is 60.6 Å². The second-order valence-corrected chi connectivity index (χ2v) is 4.53. The van der Waals surface area contributed by atoms with E-state index in [1.165, 1.54) is 0 Å². The summed E-state index contributed by atoms with van der Waals surface area (Å²) in [7, 11) is 3.35. The summed E-state index contributed by atoms with van der Waals surface area (Å²) in [6.07, 6.45) is 0.993. The van der Waals surface area contributed by atoms with Gasteiger partial charge in [-0.3, -0.25) is 4.90 Å². The van der Waals surface area contributed by atoms with E-state index in [0.717, 1.165) is 25.2 Å². The van der Waals surface area contributed by atoms with Gasteiger partial charge in [0.2, 0.25) is 5.88 Å². The van der Waals surface area contributed by atoms with E-state index in [4.69, 9.17) is 15.2 Å². The van der Waals surface area contributed by atoms with Crippen LogP contribution >= 0.6 is 0 Å². The summed E-state index contributed by atoms with van der Waals surface area (Å²) in [5, 5.41) is 0. The van der Waals surface area contributed by atoms with Crippen molar-refractivity contribution in [3.8, 4) is 5.88 Å². The molecule has 18 heavy (non-hydrogen) atoms. The summed E-state index contributed by atoms with van der Waals surface area (Å²) in [5.74, 6) is 0.637. The van der Waals surface area contributed by atoms with Gasteiger partial charge >= 0.3 is 0 Å². The third-order valence-electron chi connectivity index (χ3n) is 3.39. The molecule has 0 aromatic carbocycles. The predicted octanol–water partition coefficient (Wildman–Crippen LogP) is 0.811. The first-order valence-corrected chi connectivity index (χ1v) is 6.25. The maximum Gasteiger partial charge on any atom is 0.213 e. The molecule has 2 rings (SSSR count). The number of methoxy groups -OCH3 is 2. The zero-order chi connectivity index (χ0) is 13.0. The zero-order valence-corrected chi connectivity index (χ0v) is 11.0. The molecular weight excluding hydrogens is 230 g/mol. The van der Waals surface area contributed by atoms with Gasteiger partial charge in [-0.05, 0) is 12.5 Å². The van der Waals surface area contributed by atoms with Crippen LogP contribution in [0.4, 0.5) is 0 Å².